The minimum absolute atomic E-state index is 0.00356. The summed E-state index contributed by atoms with van der Waals surface area (Å²) in [4.78, 5) is 97.3. The van der Waals surface area contributed by atoms with Gasteiger partial charge < -0.3 is 44.5 Å². The van der Waals surface area contributed by atoms with Crippen LogP contribution in [0.25, 0.3) is 32.9 Å². The van der Waals surface area contributed by atoms with Gasteiger partial charge in [0.15, 0.2) is 5.82 Å². The van der Waals surface area contributed by atoms with Crippen LogP contribution in [-0.4, -0.2) is 173 Å². The van der Waals surface area contributed by atoms with Gasteiger partial charge in [-0.2, -0.15) is 9.97 Å². The number of imide groups is 2. The van der Waals surface area contributed by atoms with Gasteiger partial charge in [-0.1, -0.05) is 30.2 Å². The number of carbonyl (C=O) groups is 6. The zero-order valence-electron chi connectivity index (χ0n) is 43.1. The molecule has 0 radical (unpaired) electrons. The van der Waals surface area contributed by atoms with E-state index in [1.807, 2.05) is 0 Å². The average molecular weight is 1080 g/mol. The molecule has 2 bridgehead atoms. The van der Waals surface area contributed by atoms with Crippen molar-refractivity contribution in [3.05, 3.63) is 89.1 Å². The predicted molar refractivity (Wildman–Crippen MR) is 281 cm³/mol. The fourth-order valence-corrected chi connectivity index (χ4v) is 11.9. The Morgan fingerprint density at radius 1 is 1.00 bits per heavy atom. The maximum atomic E-state index is 17.2. The standard InChI is InChI=1S/C56H56F2N10O11/c1-4-36-40(57)11-8-31-20-35(69)21-38(45(31)36)48-47(58)49-39(23-59-48)50(66-25-32-9-10-33(26-66)60-32)64-54(63-49)79-29-56-15-14-34(67(56)24-30(2)22-56)27-78-55(75)65(3)16-17-76-18-19-77-28-44(71)61-41-7-5-6-37-46(41)53(74)68(52(37)73)42-12-13-43(70)62-51(42)72/h1,5-8,11,20-21,23,32-34,42,60,69H,2,9-10,12-19,22,24-29H2,3H3,(H,61,71)(H,62,70,72)/t32?,33?,34-,42?,56-/m0/s1. The topological polar surface area (TPSA) is 247 Å². The first-order valence-corrected chi connectivity index (χ1v) is 26.1. The SMILES string of the molecule is C#Cc1c(F)ccc2cc(O)cc(-c3ncc4c(N5CC6CCC(C5)N6)nc(OC[C@@]56CC[C@@H](COC(=O)N(C)CCOCCOCC(=O)Nc7cccc8c7C(=O)N(C7CCC(=O)NC7=O)C8=O)N5CC(=C)C6)nc4c3F)c12. The van der Waals surface area contributed by atoms with E-state index in [-0.39, 0.29) is 127 Å². The second-order valence-electron chi connectivity index (χ2n) is 20.9. The van der Waals surface area contributed by atoms with Crippen molar-refractivity contribution in [1.82, 2.24) is 40.3 Å². The van der Waals surface area contributed by atoms with Crippen LogP contribution in [0.5, 0.6) is 11.8 Å². The molecule has 5 saturated heterocycles. The van der Waals surface area contributed by atoms with Crippen LogP contribution in [0.15, 0.2) is 60.8 Å². The van der Waals surface area contributed by atoms with E-state index in [1.54, 1.807) is 7.05 Å². The van der Waals surface area contributed by atoms with Crippen LogP contribution in [0, 0.1) is 24.0 Å². The maximum absolute atomic E-state index is 17.2. The molecule has 5 atom stereocenters. The summed E-state index contributed by atoms with van der Waals surface area (Å²) >= 11 is 0. The number of amides is 6. The van der Waals surface area contributed by atoms with Crippen molar-refractivity contribution >= 4 is 68.8 Å². The molecule has 5 aromatic rings. The predicted octanol–water partition coefficient (Wildman–Crippen LogP) is 4.43. The minimum atomic E-state index is -1.15. The van der Waals surface area contributed by atoms with Crippen molar-refractivity contribution < 1.29 is 61.6 Å². The highest BCUT2D eigenvalue weighted by Gasteiger charge is 2.52. The van der Waals surface area contributed by atoms with Gasteiger partial charge in [-0.05, 0) is 74.2 Å². The van der Waals surface area contributed by atoms with Crippen LogP contribution in [0.2, 0.25) is 0 Å². The summed E-state index contributed by atoms with van der Waals surface area (Å²) in [6.45, 7) is 6.39. The number of aromatic hydroxyl groups is 1. The molecule has 11 rings (SSSR count). The monoisotopic (exact) mass is 1080 g/mol. The molecule has 8 heterocycles. The highest BCUT2D eigenvalue weighted by Crippen LogP contribution is 2.45. The number of terminal acetylenes is 1. The molecule has 2 aromatic heterocycles. The van der Waals surface area contributed by atoms with Crippen molar-refractivity contribution in [3.8, 4) is 35.4 Å². The lowest BCUT2D eigenvalue weighted by molar-refractivity contribution is -0.136. The average Bonchev–Trinajstić information content (AvgIpc) is 4.34. The highest BCUT2D eigenvalue weighted by atomic mass is 19.1. The lowest BCUT2D eigenvalue weighted by atomic mass is 9.94. The van der Waals surface area contributed by atoms with Gasteiger partial charge in [0.1, 0.15) is 54.5 Å². The molecule has 0 spiro atoms. The van der Waals surface area contributed by atoms with Gasteiger partial charge in [-0.25, -0.2) is 13.6 Å². The Balaban J connectivity index is 0.680. The smallest absolute Gasteiger partial charge is 0.409 e. The third kappa shape index (κ3) is 10.2. The lowest BCUT2D eigenvalue weighted by Gasteiger charge is -2.35. The number of rotatable bonds is 17. The van der Waals surface area contributed by atoms with Gasteiger partial charge in [0, 0.05) is 74.9 Å². The number of carbonyl (C=O) groups excluding carboxylic acids is 6. The highest BCUT2D eigenvalue weighted by molar-refractivity contribution is 6.26. The number of nitrogens with zero attached hydrogens (tertiary/aromatic N) is 7. The molecule has 79 heavy (non-hydrogen) atoms. The Labute approximate surface area is 451 Å². The number of hydrogen-bond acceptors (Lipinski definition) is 17. The van der Waals surface area contributed by atoms with E-state index in [9.17, 15) is 33.9 Å². The van der Waals surface area contributed by atoms with E-state index in [4.69, 9.17) is 30.4 Å². The third-order valence-corrected chi connectivity index (χ3v) is 15.7. The minimum Gasteiger partial charge on any atom is -0.508 e. The largest absolute Gasteiger partial charge is 0.508 e. The van der Waals surface area contributed by atoms with E-state index >= 15 is 8.78 Å². The number of pyridine rings is 1. The number of likely N-dealkylation sites (N-methyl/N-ethyl adjacent to an activating group) is 1. The Hall–Kier alpha value is -8.17. The summed E-state index contributed by atoms with van der Waals surface area (Å²) in [5.74, 6) is -2.11. The number of fused-ring (bicyclic) bond motifs is 6. The van der Waals surface area contributed by atoms with Gasteiger partial charge >= 0.3 is 12.1 Å². The molecule has 4 N–H and O–H groups in total. The van der Waals surface area contributed by atoms with Crippen molar-refractivity contribution in [2.45, 2.75) is 74.7 Å². The van der Waals surface area contributed by atoms with Crippen LogP contribution < -0.4 is 25.6 Å². The van der Waals surface area contributed by atoms with Gasteiger partial charge in [-0.3, -0.25) is 44.1 Å². The normalized spacial score (nSPS) is 22.6. The first-order valence-electron chi connectivity index (χ1n) is 26.1. The first kappa shape index (κ1) is 52.9. The molecule has 23 heteroatoms. The number of piperazine rings is 1. The molecule has 3 unspecified atom stereocenters. The number of phenols is 1. The number of halogens is 2. The number of aromatic nitrogens is 3. The number of hydrogen-bond donors (Lipinski definition) is 4. The number of ether oxygens (including phenoxy) is 4. The molecule has 6 amide bonds. The van der Waals surface area contributed by atoms with E-state index in [1.165, 1.54) is 53.6 Å². The number of piperidine rings is 1. The molecule has 6 aliphatic heterocycles. The fraction of sp³-hybridized carbons (Fsp3) is 0.411. The molecule has 5 fully saturated rings. The molecular weight excluding hydrogens is 1030 g/mol. The second kappa shape index (κ2) is 21.6. The van der Waals surface area contributed by atoms with E-state index in [0.29, 0.717) is 55.5 Å². The summed E-state index contributed by atoms with van der Waals surface area (Å²) in [5.41, 5.74) is 0.253. The van der Waals surface area contributed by atoms with Crippen molar-refractivity contribution in [2.75, 3.05) is 83.1 Å². The van der Waals surface area contributed by atoms with Crippen LogP contribution >= 0.6 is 0 Å². The number of nitrogens with one attached hydrogen (secondary N) is 3. The molecule has 410 valence electrons. The van der Waals surface area contributed by atoms with E-state index < -0.39 is 65.5 Å². The zero-order valence-corrected chi connectivity index (χ0v) is 43.1. The van der Waals surface area contributed by atoms with Crippen LogP contribution in [0.3, 0.4) is 0 Å². The molecule has 0 saturated carbocycles. The summed E-state index contributed by atoms with van der Waals surface area (Å²) in [5, 5.41) is 20.1. The van der Waals surface area contributed by atoms with Gasteiger partial charge in [0.2, 0.25) is 17.7 Å². The summed E-state index contributed by atoms with van der Waals surface area (Å²) in [6, 6.07) is 8.87. The quantitative estimate of drug-likeness (QED) is 0.0435. The first-order chi connectivity index (χ1) is 38.1. The lowest BCUT2D eigenvalue weighted by Crippen LogP contribution is -2.54. The molecule has 21 nitrogen and oxygen atoms in total. The summed E-state index contributed by atoms with van der Waals surface area (Å²) in [6.07, 6.45) is 10.6. The number of anilines is 2. The van der Waals surface area contributed by atoms with Crippen LogP contribution in [-0.2, 0) is 28.6 Å². The van der Waals surface area contributed by atoms with Gasteiger partial charge in [0.05, 0.1) is 53.1 Å². The number of benzene rings is 3. The van der Waals surface area contributed by atoms with E-state index in [2.05, 4.69) is 48.2 Å². The molecule has 3 aromatic carbocycles. The molecular formula is C56H56F2N10O11. The third-order valence-electron chi connectivity index (χ3n) is 15.7. The van der Waals surface area contributed by atoms with Crippen LogP contribution in [0.1, 0.15) is 71.2 Å². The Kier molecular flexibility index (Phi) is 14.4. The second-order valence-corrected chi connectivity index (χ2v) is 20.9. The van der Waals surface area contributed by atoms with Crippen molar-refractivity contribution in [2.24, 2.45) is 0 Å². The summed E-state index contributed by atoms with van der Waals surface area (Å²) in [7, 11) is 1.59. The van der Waals surface area contributed by atoms with Crippen molar-refractivity contribution in [1.29, 1.82) is 0 Å². The Morgan fingerprint density at radius 2 is 1.80 bits per heavy atom. The van der Waals surface area contributed by atoms with Crippen LogP contribution in [0.4, 0.5) is 25.1 Å². The maximum Gasteiger partial charge on any atom is 0.409 e. The fourth-order valence-electron chi connectivity index (χ4n) is 11.9. The Bertz CT molecular complexity index is 3420. The van der Waals surface area contributed by atoms with Gasteiger partial charge in [0.25, 0.3) is 11.8 Å². The molecule has 0 aliphatic carbocycles. The summed E-state index contributed by atoms with van der Waals surface area (Å²) < 4.78 is 55.8. The number of phenolic OH excluding ortho intramolecular Hbond substituents is 1. The Morgan fingerprint density at radius 3 is 2.58 bits per heavy atom. The molecule has 6 aliphatic rings. The zero-order chi connectivity index (χ0) is 55.3. The van der Waals surface area contributed by atoms with E-state index in [0.717, 1.165) is 23.3 Å². The van der Waals surface area contributed by atoms with Crippen molar-refractivity contribution in [3.63, 3.8) is 0 Å². The van der Waals surface area contributed by atoms with Gasteiger partial charge in [-0.15, -0.1) is 6.42 Å².